The van der Waals surface area contributed by atoms with Crippen molar-refractivity contribution in [2.24, 2.45) is 23.0 Å². The Morgan fingerprint density at radius 2 is 1.81 bits per heavy atom. The molecular weight excluding hydrogens is 743 g/mol. The Bertz CT molecular complexity index is 1880. The number of alkyl carbamates (subject to hydrolysis) is 1. The zero-order valence-corrected chi connectivity index (χ0v) is 35.3. The molecule has 2 aliphatic heterocycles. The number of carbonyl (C=O) groups excluding carboxylic acids is 4. The summed E-state index contributed by atoms with van der Waals surface area (Å²) in [5.74, 6) is -0.435. The number of likely N-dealkylation sites (tertiary alicyclic amines) is 1. The molecule has 12 nitrogen and oxygen atoms in total. The highest BCUT2D eigenvalue weighted by atomic mass is 32.2. The molecule has 0 bridgehead atoms. The normalized spacial score (nSPS) is 20.4. The van der Waals surface area contributed by atoms with E-state index < -0.39 is 22.2 Å². The molecule has 2 heterocycles. The number of nitrogens with two attached hydrogens (primary N) is 1. The summed E-state index contributed by atoms with van der Waals surface area (Å²) in [5.41, 5.74) is 11.8. The monoisotopic (exact) mass is 805 g/mol. The van der Waals surface area contributed by atoms with E-state index in [2.05, 4.69) is 67.9 Å². The number of nitrogens with zero attached hydrogens (tertiary/aromatic N) is 2. The zero-order valence-electron chi connectivity index (χ0n) is 34.5. The number of nitrogens with one attached hydrogen (secondary N) is 2. The van der Waals surface area contributed by atoms with Crippen LogP contribution in [-0.2, 0) is 42.2 Å². The van der Waals surface area contributed by atoms with Gasteiger partial charge in [-0.15, -0.1) is 6.58 Å². The number of carbonyl (C=O) groups is 4. The summed E-state index contributed by atoms with van der Waals surface area (Å²) in [6.07, 6.45) is 13.7. The van der Waals surface area contributed by atoms with Crippen LogP contribution in [0, 0.1) is 17.3 Å². The number of allylic oxidation sites excluding steroid dienone is 5. The van der Waals surface area contributed by atoms with Crippen molar-refractivity contribution in [1.82, 2.24) is 19.8 Å². The second-order valence-corrected chi connectivity index (χ2v) is 18.8. The summed E-state index contributed by atoms with van der Waals surface area (Å²) >= 11 is 0. The lowest BCUT2D eigenvalue weighted by Gasteiger charge is -2.30. The second kappa shape index (κ2) is 19.7. The van der Waals surface area contributed by atoms with Gasteiger partial charge >= 0.3 is 6.09 Å². The van der Waals surface area contributed by atoms with E-state index in [4.69, 9.17) is 10.5 Å². The summed E-state index contributed by atoms with van der Waals surface area (Å²) in [6, 6.07) is 5.23. The lowest BCUT2D eigenvalue weighted by atomic mass is 9.88. The fourth-order valence-corrected chi connectivity index (χ4v) is 8.52. The predicted octanol–water partition coefficient (Wildman–Crippen LogP) is 6.65. The van der Waals surface area contributed by atoms with Gasteiger partial charge in [-0.05, 0) is 99.7 Å². The fourth-order valence-electron chi connectivity index (χ4n) is 7.17. The zero-order chi connectivity index (χ0) is 42.1. The molecule has 13 heteroatoms. The first-order chi connectivity index (χ1) is 26.8. The minimum absolute atomic E-state index is 0.0866. The predicted molar refractivity (Wildman–Crippen MR) is 224 cm³/mol. The van der Waals surface area contributed by atoms with Crippen LogP contribution in [-0.4, -0.2) is 72.5 Å². The van der Waals surface area contributed by atoms with Gasteiger partial charge in [-0.2, -0.15) is 0 Å². The molecule has 3 fully saturated rings. The van der Waals surface area contributed by atoms with E-state index in [1.54, 1.807) is 17.9 Å². The van der Waals surface area contributed by atoms with Gasteiger partial charge in [-0.3, -0.25) is 19.1 Å². The molecule has 5 rings (SSSR count). The van der Waals surface area contributed by atoms with E-state index in [0.717, 1.165) is 48.8 Å². The average Bonchev–Trinajstić information content (AvgIpc) is 4.05. The van der Waals surface area contributed by atoms with Crippen LogP contribution >= 0.6 is 0 Å². The third-order valence-corrected chi connectivity index (χ3v) is 12.7. The van der Waals surface area contributed by atoms with Gasteiger partial charge in [0.05, 0.1) is 17.9 Å². The van der Waals surface area contributed by atoms with Gasteiger partial charge in [0, 0.05) is 38.2 Å². The minimum Gasteiger partial charge on any atom is -0.449 e. The molecule has 4 N–H and O–H groups in total. The van der Waals surface area contributed by atoms with E-state index in [9.17, 15) is 27.6 Å². The molecule has 1 saturated heterocycles. The van der Waals surface area contributed by atoms with Crippen molar-refractivity contribution < 1.29 is 32.3 Å². The number of ether oxygens (including phenoxy) is 1. The lowest BCUT2D eigenvalue weighted by Crippen LogP contribution is -2.51. The molecule has 2 aliphatic carbocycles. The van der Waals surface area contributed by atoms with E-state index in [0.29, 0.717) is 51.0 Å². The summed E-state index contributed by atoms with van der Waals surface area (Å²) in [6.45, 7) is 23.4. The topological polar surface area (TPSA) is 168 Å². The third-order valence-electron chi connectivity index (χ3n) is 10.8. The van der Waals surface area contributed by atoms with Crippen molar-refractivity contribution in [1.29, 1.82) is 0 Å². The summed E-state index contributed by atoms with van der Waals surface area (Å²) in [7, 11) is -3.36. The quantitative estimate of drug-likeness (QED) is 0.116. The largest absolute Gasteiger partial charge is 0.449 e. The Morgan fingerprint density at radius 3 is 2.42 bits per heavy atom. The molecule has 4 atom stereocenters. The van der Waals surface area contributed by atoms with Crippen LogP contribution in [0.3, 0.4) is 0 Å². The molecule has 2 saturated carbocycles. The molecule has 0 aromatic heterocycles. The molecule has 0 radical (unpaired) electrons. The van der Waals surface area contributed by atoms with Crippen LogP contribution in [0.25, 0.3) is 6.08 Å². The Labute approximate surface area is 339 Å². The van der Waals surface area contributed by atoms with Crippen molar-refractivity contribution in [2.75, 3.05) is 13.2 Å². The van der Waals surface area contributed by atoms with Crippen LogP contribution in [0.5, 0.6) is 0 Å². The summed E-state index contributed by atoms with van der Waals surface area (Å²) < 4.78 is 30.5. The molecule has 57 heavy (non-hydrogen) atoms. The molecule has 1 aromatic rings. The number of benzene rings is 1. The molecule has 312 valence electrons. The molecule has 4 amide bonds. The molecule has 0 spiro atoms. The molecule has 3 unspecified atom stereocenters. The van der Waals surface area contributed by atoms with Crippen LogP contribution in [0.4, 0.5) is 4.79 Å². The van der Waals surface area contributed by atoms with E-state index in [1.807, 2.05) is 30.9 Å². The van der Waals surface area contributed by atoms with Crippen LogP contribution in [0.15, 0.2) is 73.0 Å². The number of hydrogen-bond acceptors (Lipinski definition) is 8. The van der Waals surface area contributed by atoms with E-state index >= 15 is 0 Å². The average molecular weight is 806 g/mol. The Morgan fingerprint density at radius 1 is 1.09 bits per heavy atom. The first kappa shape index (κ1) is 45.1. The smallest absolute Gasteiger partial charge is 0.407 e. The SMILES string of the molecule is C=C(C=C(C)C)CC[C@H](NC(=O)OCC(C)(C)CC/C=C/c1cccc2c1CN(C(C)=O)C2)C(=O)N1CCCC1C(=C)N.C=CC1CC1C(=O)NS(=O)(=O)C1CC1. The number of fused-ring (bicyclic) bond motifs is 1. The number of hydrogen-bond donors (Lipinski definition) is 3. The van der Waals surface area contributed by atoms with Crippen LogP contribution in [0.2, 0.25) is 0 Å². The van der Waals surface area contributed by atoms with Gasteiger partial charge in [-0.1, -0.05) is 80.7 Å². The van der Waals surface area contributed by atoms with Gasteiger partial charge in [-0.25, -0.2) is 13.2 Å². The van der Waals surface area contributed by atoms with Crippen LogP contribution in [0.1, 0.15) is 109 Å². The van der Waals surface area contributed by atoms with E-state index in [1.165, 1.54) is 11.1 Å². The second-order valence-electron chi connectivity index (χ2n) is 16.9. The van der Waals surface area contributed by atoms with Crippen molar-refractivity contribution in [3.05, 3.63) is 89.7 Å². The van der Waals surface area contributed by atoms with Crippen molar-refractivity contribution >= 4 is 39.9 Å². The number of sulfonamides is 1. The lowest BCUT2D eigenvalue weighted by molar-refractivity contribution is -0.134. The summed E-state index contributed by atoms with van der Waals surface area (Å²) in [5, 5.41) is 2.51. The Kier molecular flexibility index (Phi) is 15.5. The van der Waals surface area contributed by atoms with Crippen molar-refractivity contribution in [2.45, 2.75) is 123 Å². The van der Waals surface area contributed by atoms with E-state index in [-0.39, 0.29) is 52.9 Å². The van der Waals surface area contributed by atoms with Gasteiger partial charge in [0.2, 0.25) is 27.7 Å². The standard InChI is InChI=1S/C35H50N4O4.C9H13NO3S/c1-24(2)20-25(3)16-17-31(33(41)39-19-11-15-32(39)26(4)36)37-34(42)43-23-35(6,7)18-9-8-12-28-13-10-14-29-21-38(27(5)40)22-30(28)29;1-2-6-5-8(6)9(11)10-14(12,13)7-3-4-7/h8,10,12-14,20,31-32H,3-4,9,11,15-19,21-23,36H2,1-2,5-7H3,(H,37,42);2,6-8H,1,3-5H2,(H,10,11)/b12-8+;/t31-,32?;/m0./s1. The van der Waals surface area contributed by atoms with Crippen molar-refractivity contribution in [3.8, 4) is 0 Å². The van der Waals surface area contributed by atoms with Crippen molar-refractivity contribution in [3.63, 3.8) is 0 Å². The molecular formula is C44H63N5O7S. The third kappa shape index (κ3) is 13.5. The highest BCUT2D eigenvalue weighted by Gasteiger charge is 2.44. The Hall–Kier alpha value is -4.65. The fraction of sp³-hybridized carbons (Fsp3) is 0.545. The maximum absolute atomic E-state index is 13.5. The highest BCUT2D eigenvalue weighted by Crippen LogP contribution is 2.40. The molecule has 1 aromatic carbocycles. The maximum atomic E-state index is 13.5. The number of amides is 4. The van der Waals surface area contributed by atoms with Crippen LogP contribution < -0.4 is 15.8 Å². The van der Waals surface area contributed by atoms with Gasteiger partial charge in [0.25, 0.3) is 0 Å². The van der Waals surface area contributed by atoms with Gasteiger partial charge in [0.15, 0.2) is 0 Å². The number of rotatable bonds is 17. The van der Waals surface area contributed by atoms with Gasteiger partial charge in [0.1, 0.15) is 6.04 Å². The van der Waals surface area contributed by atoms with Gasteiger partial charge < -0.3 is 25.6 Å². The highest BCUT2D eigenvalue weighted by molar-refractivity contribution is 7.90. The molecule has 4 aliphatic rings. The Balaban J connectivity index is 0.000000428. The first-order valence-electron chi connectivity index (χ1n) is 20.0. The first-order valence-corrected chi connectivity index (χ1v) is 21.6. The summed E-state index contributed by atoms with van der Waals surface area (Å²) in [4.78, 5) is 53.3. The minimum atomic E-state index is -3.36. The maximum Gasteiger partial charge on any atom is 0.407 e.